The summed E-state index contributed by atoms with van der Waals surface area (Å²) in [5.74, 6) is 0.704. The monoisotopic (exact) mass is 583 g/mol. The second kappa shape index (κ2) is 12.0. The summed E-state index contributed by atoms with van der Waals surface area (Å²) in [6.07, 6.45) is 1.44. The molecule has 3 heterocycles. The van der Waals surface area contributed by atoms with Gasteiger partial charge < -0.3 is 48.5 Å². The highest BCUT2D eigenvalue weighted by atomic mass is 16.3. The minimum atomic E-state index is -0.329. The molecule has 11 N–H and O–H groups in total. The maximum Gasteiger partial charge on any atom is 0.255 e. The Balaban J connectivity index is 1.24. The maximum absolute atomic E-state index is 12.9. The molecule has 3 aromatic carbocycles. The van der Waals surface area contributed by atoms with Gasteiger partial charge in [-0.25, -0.2) is 0 Å². The standard InChI is InChI=1S/C30H37N11O2/c31-20-10-21(32)14-40(13-20)29-37-28(38-30(39-29)41-15-22(33)11-23(34)16-41)35-24-7-8-25(26(42)12-24)36-27(43)19-6-5-17-3-1-2-4-18(17)9-19/h1-9,12,20-23,42H,10-11,13-16,31-34H2,(H,36,43)(H,35,37,38,39). The third kappa shape index (κ3) is 6.60. The Morgan fingerprint density at radius 1 is 0.744 bits per heavy atom. The van der Waals surface area contributed by atoms with Crippen LogP contribution in [0.4, 0.5) is 29.2 Å². The minimum absolute atomic E-state index is 0.105. The van der Waals surface area contributed by atoms with Gasteiger partial charge in [0.2, 0.25) is 17.8 Å². The highest BCUT2D eigenvalue weighted by Gasteiger charge is 2.29. The maximum atomic E-state index is 12.9. The number of phenols is 1. The lowest BCUT2D eigenvalue weighted by atomic mass is 10.0. The van der Waals surface area contributed by atoms with Crippen molar-refractivity contribution in [2.24, 2.45) is 22.9 Å². The molecule has 224 valence electrons. The lowest BCUT2D eigenvalue weighted by Crippen LogP contribution is -2.54. The van der Waals surface area contributed by atoms with E-state index in [9.17, 15) is 9.90 Å². The number of carbonyl (C=O) groups excluding carboxylic acids is 1. The molecule has 0 saturated carbocycles. The number of rotatable bonds is 6. The summed E-state index contributed by atoms with van der Waals surface area (Å²) >= 11 is 0. The van der Waals surface area contributed by atoms with E-state index >= 15 is 0 Å². The summed E-state index contributed by atoms with van der Waals surface area (Å²) < 4.78 is 0. The van der Waals surface area contributed by atoms with Crippen molar-refractivity contribution >= 4 is 45.9 Å². The second-order valence-corrected chi connectivity index (χ2v) is 11.5. The van der Waals surface area contributed by atoms with Crippen LogP contribution in [0.3, 0.4) is 0 Å². The summed E-state index contributed by atoms with van der Waals surface area (Å²) in [5.41, 5.74) is 26.3. The fraction of sp³-hybridized carbons (Fsp3) is 0.333. The Kier molecular flexibility index (Phi) is 7.95. The summed E-state index contributed by atoms with van der Waals surface area (Å²) in [6, 6.07) is 17.7. The molecule has 4 atom stereocenters. The summed E-state index contributed by atoms with van der Waals surface area (Å²) in [4.78, 5) is 30.9. The molecule has 43 heavy (non-hydrogen) atoms. The van der Waals surface area contributed by atoms with Gasteiger partial charge in [-0.15, -0.1) is 0 Å². The SMILES string of the molecule is NC1CC(N)CN(c2nc(Nc3ccc(NC(=O)c4ccc5ccccc5c4)c(O)c3)nc(N3CC(N)CC(N)C3)n2)C1. The van der Waals surface area contributed by atoms with Gasteiger partial charge in [0.1, 0.15) is 5.75 Å². The van der Waals surface area contributed by atoms with Crippen LogP contribution in [0.25, 0.3) is 10.8 Å². The summed E-state index contributed by atoms with van der Waals surface area (Å²) in [7, 11) is 0. The first-order valence-corrected chi connectivity index (χ1v) is 14.4. The molecule has 1 amide bonds. The Morgan fingerprint density at radius 2 is 1.33 bits per heavy atom. The number of benzene rings is 3. The van der Waals surface area contributed by atoms with Crippen LogP contribution in [0.1, 0.15) is 23.2 Å². The van der Waals surface area contributed by atoms with E-state index in [0.29, 0.717) is 49.3 Å². The molecule has 4 unspecified atom stereocenters. The molecular formula is C30H37N11O2. The van der Waals surface area contributed by atoms with Crippen LogP contribution in [0.2, 0.25) is 0 Å². The quantitative estimate of drug-likeness (QED) is 0.161. The summed E-state index contributed by atoms with van der Waals surface area (Å²) in [6.45, 7) is 2.23. The zero-order valence-electron chi connectivity index (χ0n) is 23.7. The Labute approximate surface area is 249 Å². The predicted molar refractivity (Wildman–Crippen MR) is 169 cm³/mol. The zero-order valence-corrected chi connectivity index (χ0v) is 23.7. The largest absolute Gasteiger partial charge is 0.506 e. The number of anilines is 5. The van der Waals surface area contributed by atoms with Crippen molar-refractivity contribution in [3.8, 4) is 5.75 Å². The van der Waals surface area contributed by atoms with Gasteiger partial charge >= 0.3 is 0 Å². The van der Waals surface area contributed by atoms with Crippen molar-refractivity contribution in [3.63, 3.8) is 0 Å². The molecule has 2 saturated heterocycles. The number of piperidine rings is 2. The predicted octanol–water partition coefficient (Wildman–Crippen LogP) is 1.46. The van der Waals surface area contributed by atoms with Crippen LogP contribution in [-0.2, 0) is 0 Å². The van der Waals surface area contributed by atoms with Gasteiger partial charge in [0.25, 0.3) is 5.91 Å². The van der Waals surface area contributed by atoms with E-state index in [0.717, 1.165) is 23.6 Å². The molecule has 4 aromatic rings. The molecule has 0 bridgehead atoms. The third-order valence-electron chi connectivity index (χ3n) is 7.72. The van der Waals surface area contributed by atoms with Crippen molar-refractivity contribution in [3.05, 3.63) is 66.2 Å². The average Bonchev–Trinajstić information content (AvgIpc) is 2.97. The van der Waals surface area contributed by atoms with Crippen LogP contribution in [0.5, 0.6) is 5.75 Å². The molecule has 13 heteroatoms. The number of phenolic OH excluding ortho intramolecular Hbond substituents is 1. The van der Waals surface area contributed by atoms with Crippen molar-refractivity contribution < 1.29 is 9.90 Å². The first kappa shape index (κ1) is 28.6. The highest BCUT2D eigenvalue weighted by molar-refractivity contribution is 6.07. The number of nitrogens with two attached hydrogens (primary N) is 4. The van der Waals surface area contributed by atoms with Crippen LogP contribution >= 0.6 is 0 Å². The second-order valence-electron chi connectivity index (χ2n) is 11.5. The Morgan fingerprint density at radius 3 is 1.91 bits per heavy atom. The van der Waals surface area contributed by atoms with Gasteiger partial charge in [0.15, 0.2) is 0 Å². The number of nitrogens with one attached hydrogen (secondary N) is 2. The first-order chi connectivity index (χ1) is 20.7. The molecule has 6 rings (SSSR count). The number of fused-ring (bicyclic) bond motifs is 1. The van der Waals surface area contributed by atoms with Gasteiger partial charge in [0, 0.05) is 67.7 Å². The van der Waals surface area contributed by atoms with Crippen molar-refractivity contribution in [2.45, 2.75) is 37.0 Å². The van der Waals surface area contributed by atoms with Gasteiger partial charge in [0.05, 0.1) is 5.69 Å². The number of aromatic nitrogens is 3. The molecule has 2 fully saturated rings. The number of hydrogen-bond acceptors (Lipinski definition) is 12. The van der Waals surface area contributed by atoms with Crippen LogP contribution in [0, 0.1) is 0 Å². The molecule has 0 radical (unpaired) electrons. The average molecular weight is 584 g/mol. The third-order valence-corrected chi connectivity index (χ3v) is 7.72. The fourth-order valence-corrected chi connectivity index (χ4v) is 5.75. The lowest BCUT2D eigenvalue weighted by molar-refractivity contribution is 0.102. The number of aromatic hydroxyl groups is 1. The van der Waals surface area contributed by atoms with E-state index in [1.165, 1.54) is 6.07 Å². The van der Waals surface area contributed by atoms with Crippen molar-refractivity contribution in [1.82, 2.24) is 15.0 Å². The van der Waals surface area contributed by atoms with Crippen LogP contribution < -0.4 is 43.4 Å². The Bertz CT molecular complexity index is 1570. The molecule has 1 aromatic heterocycles. The van der Waals surface area contributed by atoms with E-state index in [1.54, 1.807) is 18.2 Å². The zero-order chi connectivity index (χ0) is 30.1. The van der Waals surface area contributed by atoms with Crippen LogP contribution in [0.15, 0.2) is 60.7 Å². The van der Waals surface area contributed by atoms with E-state index < -0.39 is 0 Å². The molecule has 13 nitrogen and oxygen atoms in total. The van der Waals surface area contributed by atoms with E-state index in [1.807, 2.05) is 46.2 Å². The minimum Gasteiger partial charge on any atom is -0.506 e. The molecule has 2 aliphatic rings. The first-order valence-electron chi connectivity index (χ1n) is 14.4. The number of hydrogen-bond donors (Lipinski definition) is 7. The van der Waals surface area contributed by atoms with Gasteiger partial charge in [-0.3, -0.25) is 4.79 Å². The molecular weight excluding hydrogens is 546 g/mol. The van der Waals surface area contributed by atoms with Crippen LogP contribution in [-0.4, -0.2) is 76.3 Å². The van der Waals surface area contributed by atoms with E-state index in [2.05, 4.69) is 20.6 Å². The summed E-state index contributed by atoms with van der Waals surface area (Å²) in [5, 5.41) is 18.7. The fourth-order valence-electron chi connectivity index (χ4n) is 5.75. The van der Waals surface area contributed by atoms with Crippen molar-refractivity contribution in [2.75, 3.05) is 46.6 Å². The van der Waals surface area contributed by atoms with Gasteiger partial charge in [-0.1, -0.05) is 30.3 Å². The molecule has 2 aliphatic heterocycles. The van der Waals surface area contributed by atoms with Crippen molar-refractivity contribution in [1.29, 1.82) is 0 Å². The normalized spacial score (nSPS) is 22.4. The number of amides is 1. The molecule has 0 spiro atoms. The van der Waals surface area contributed by atoms with E-state index in [-0.39, 0.29) is 47.5 Å². The number of carbonyl (C=O) groups is 1. The van der Waals surface area contributed by atoms with E-state index in [4.69, 9.17) is 27.9 Å². The number of nitrogens with zero attached hydrogens (tertiary/aromatic N) is 5. The molecule has 0 aliphatic carbocycles. The smallest absolute Gasteiger partial charge is 0.255 e. The van der Waals surface area contributed by atoms with Gasteiger partial charge in [-0.2, -0.15) is 15.0 Å². The van der Waals surface area contributed by atoms with Gasteiger partial charge in [-0.05, 0) is 47.9 Å². The topological polar surface area (TPSA) is 211 Å². The lowest BCUT2D eigenvalue weighted by Gasteiger charge is -2.37. The highest BCUT2D eigenvalue weighted by Crippen LogP contribution is 2.30. The Hall–Kier alpha value is -4.56.